The number of aromatic nitrogens is 2. The molecule has 0 saturated heterocycles. The number of carbonyl (C=O) groups is 2. The van der Waals surface area contributed by atoms with E-state index in [0.717, 1.165) is 36.6 Å². The van der Waals surface area contributed by atoms with Crippen LogP contribution in [0.15, 0.2) is 48.8 Å². The molecule has 2 heterocycles. The van der Waals surface area contributed by atoms with Crippen LogP contribution in [-0.2, 0) is 19.3 Å². The number of hydrogen-bond acceptors (Lipinski definition) is 8. The highest BCUT2D eigenvalue weighted by Gasteiger charge is 2.39. The van der Waals surface area contributed by atoms with Crippen LogP contribution in [0, 0.1) is 23.4 Å². The first kappa shape index (κ1) is 34.8. The summed E-state index contributed by atoms with van der Waals surface area (Å²) in [5.74, 6) is -4.39. The number of ether oxygens (including phenoxy) is 2. The van der Waals surface area contributed by atoms with Gasteiger partial charge < -0.3 is 20.1 Å². The molecule has 0 aliphatic heterocycles. The Kier molecular flexibility index (Phi) is 10.7. The average molecular weight is 663 g/mol. The van der Waals surface area contributed by atoms with Crippen LogP contribution in [0.25, 0.3) is 11.3 Å². The van der Waals surface area contributed by atoms with Crippen LogP contribution in [0.5, 0.6) is 0 Å². The van der Waals surface area contributed by atoms with Crippen LogP contribution >= 0.6 is 0 Å². The molecule has 4 unspecified atom stereocenters. The molecule has 1 fully saturated rings. The van der Waals surface area contributed by atoms with Gasteiger partial charge in [-0.15, -0.1) is 0 Å². The minimum absolute atomic E-state index is 0.0506. The Bertz CT molecular complexity index is 1680. The third kappa shape index (κ3) is 9.03. The number of halogens is 3. The summed E-state index contributed by atoms with van der Waals surface area (Å²) in [4.78, 5) is 34.2. The zero-order valence-electron chi connectivity index (χ0n) is 26.1. The maximum absolute atomic E-state index is 14.6. The van der Waals surface area contributed by atoms with Crippen LogP contribution in [-0.4, -0.2) is 66.7 Å². The molecule has 0 bridgehead atoms. The van der Waals surface area contributed by atoms with Crippen LogP contribution in [0.3, 0.4) is 0 Å². The SMILES string of the molecule is CC1CC(c2ccncc2NC(=O)c2ccc(F)c(-c3c(F)cccc3F)n2)CC(NC(=O)OC(C)(C)C)C1OCCS(C)(=O)=O. The molecule has 0 spiro atoms. The molecule has 4 atom stereocenters. The lowest BCUT2D eigenvalue weighted by Crippen LogP contribution is -2.52. The van der Waals surface area contributed by atoms with E-state index in [9.17, 15) is 31.2 Å². The van der Waals surface area contributed by atoms with Gasteiger partial charge in [0.25, 0.3) is 5.91 Å². The Morgan fingerprint density at radius 3 is 2.37 bits per heavy atom. The Morgan fingerprint density at radius 1 is 1.02 bits per heavy atom. The molecule has 2 N–H and O–H groups in total. The molecule has 2 amide bonds. The van der Waals surface area contributed by atoms with E-state index < -0.39 is 68.3 Å². The molecule has 1 aliphatic carbocycles. The minimum Gasteiger partial charge on any atom is -0.444 e. The number of sulfone groups is 1. The van der Waals surface area contributed by atoms with Crippen molar-refractivity contribution in [2.24, 2.45) is 5.92 Å². The Hall–Kier alpha value is -4.04. The highest BCUT2D eigenvalue weighted by atomic mass is 32.2. The quantitative estimate of drug-likeness (QED) is 0.300. The first-order valence-electron chi connectivity index (χ1n) is 14.7. The molecule has 248 valence electrons. The smallest absolute Gasteiger partial charge is 0.407 e. The third-order valence-corrected chi connectivity index (χ3v) is 8.35. The lowest BCUT2D eigenvalue weighted by atomic mass is 9.74. The number of anilines is 1. The lowest BCUT2D eigenvalue weighted by molar-refractivity contribution is -0.0288. The van der Waals surface area contributed by atoms with E-state index in [4.69, 9.17) is 9.47 Å². The zero-order chi connectivity index (χ0) is 33.8. The molecule has 1 aromatic carbocycles. The van der Waals surface area contributed by atoms with Crippen molar-refractivity contribution in [2.45, 2.75) is 64.2 Å². The van der Waals surface area contributed by atoms with Gasteiger partial charge in [0, 0.05) is 12.5 Å². The van der Waals surface area contributed by atoms with Gasteiger partial charge in [0.1, 0.15) is 44.3 Å². The van der Waals surface area contributed by atoms with Gasteiger partial charge in [0.05, 0.1) is 42.0 Å². The maximum Gasteiger partial charge on any atom is 0.407 e. The van der Waals surface area contributed by atoms with Crippen molar-refractivity contribution in [2.75, 3.05) is 23.9 Å². The van der Waals surface area contributed by atoms with Gasteiger partial charge in [0.15, 0.2) is 0 Å². The van der Waals surface area contributed by atoms with E-state index in [1.54, 1.807) is 33.0 Å². The molecule has 0 radical (unpaired) electrons. The summed E-state index contributed by atoms with van der Waals surface area (Å²) in [6, 6.07) is 6.23. The summed E-state index contributed by atoms with van der Waals surface area (Å²) >= 11 is 0. The molecule has 1 saturated carbocycles. The fourth-order valence-electron chi connectivity index (χ4n) is 5.51. The number of alkyl carbamates (subject to hydrolysis) is 1. The zero-order valence-corrected chi connectivity index (χ0v) is 27.0. The fraction of sp³-hybridized carbons (Fsp3) is 0.438. The van der Waals surface area contributed by atoms with Gasteiger partial charge in [0.2, 0.25) is 0 Å². The normalized spacial score (nSPS) is 20.2. The molecular formula is C32H37F3N4O6S. The van der Waals surface area contributed by atoms with E-state index in [1.165, 1.54) is 6.20 Å². The summed E-state index contributed by atoms with van der Waals surface area (Å²) in [6.07, 6.45) is 3.83. The van der Waals surface area contributed by atoms with Crippen molar-refractivity contribution in [1.82, 2.24) is 15.3 Å². The topological polar surface area (TPSA) is 137 Å². The standard InChI is InChI=1S/C32H37F3N4O6S/c1-18-15-19(16-25(39-31(41)45-32(2,3)4)29(18)44-13-14-46(5,42)43)20-11-12-36-17-26(20)38-30(40)24-10-9-23(35)28(37-24)27-21(33)7-6-8-22(27)34/h6-12,17-19,25,29H,13-16H2,1-5H3,(H,38,40)(H,39,41). The van der Waals surface area contributed by atoms with Crippen LogP contribution in [0.4, 0.5) is 23.7 Å². The molecule has 46 heavy (non-hydrogen) atoms. The number of amides is 2. The molecule has 14 heteroatoms. The maximum atomic E-state index is 14.6. The number of benzene rings is 1. The van der Waals surface area contributed by atoms with Gasteiger partial charge in [-0.3, -0.25) is 9.78 Å². The second kappa shape index (κ2) is 14.2. The van der Waals surface area contributed by atoms with E-state index in [2.05, 4.69) is 20.6 Å². The highest BCUT2D eigenvalue weighted by Crippen LogP contribution is 2.40. The van der Waals surface area contributed by atoms with Crippen LogP contribution in [0.2, 0.25) is 0 Å². The largest absolute Gasteiger partial charge is 0.444 e. The predicted octanol–water partition coefficient (Wildman–Crippen LogP) is 5.65. The van der Waals surface area contributed by atoms with Crippen molar-refractivity contribution < 1.29 is 40.7 Å². The van der Waals surface area contributed by atoms with Gasteiger partial charge in [-0.2, -0.15) is 0 Å². The summed E-state index contributed by atoms with van der Waals surface area (Å²) in [6.45, 7) is 7.07. The van der Waals surface area contributed by atoms with Gasteiger partial charge >= 0.3 is 6.09 Å². The fourth-order valence-corrected chi connectivity index (χ4v) is 5.91. The number of nitrogens with zero attached hydrogens (tertiary/aromatic N) is 2. The molecule has 2 aromatic heterocycles. The summed E-state index contributed by atoms with van der Waals surface area (Å²) in [7, 11) is -3.27. The molecular weight excluding hydrogens is 625 g/mol. The predicted molar refractivity (Wildman–Crippen MR) is 165 cm³/mol. The summed E-state index contributed by atoms with van der Waals surface area (Å²) in [5, 5.41) is 5.61. The Morgan fingerprint density at radius 2 is 1.72 bits per heavy atom. The molecule has 10 nitrogen and oxygen atoms in total. The van der Waals surface area contributed by atoms with Gasteiger partial charge in [-0.05, 0) is 81.3 Å². The number of pyridine rings is 2. The summed E-state index contributed by atoms with van der Waals surface area (Å²) < 4.78 is 78.3. The Balaban J connectivity index is 1.59. The lowest BCUT2D eigenvalue weighted by Gasteiger charge is -2.41. The first-order chi connectivity index (χ1) is 21.5. The van der Waals surface area contributed by atoms with E-state index >= 15 is 0 Å². The number of carbonyl (C=O) groups excluding carboxylic acids is 2. The summed E-state index contributed by atoms with van der Waals surface area (Å²) in [5.41, 5.74) is -1.37. The number of hydrogen-bond donors (Lipinski definition) is 2. The van der Waals surface area contributed by atoms with Crippen LogP contribution < -0.4 is 10.6 Å². The van der Waals surface area contributed by atoms with Crippen molar-refractivity contribution in [3.05, 3.63) is 77.5 Å². The molecule has 1 aliphatic rings. The van der Waals surface area contributed by atoms with Crippen molar-refractivity contribution >= 4 is 27.5 Å². The van der Waals surface area contributed by atoms with Crippen LogP contribution in [0.1, 0.15) is 62.5 Å². The second-order valence-electron chi connectivity index (χ2n) is 12.4. The molecule has 3 aromatic rings. The highest BCUT2D eigenvalue weighted by molar-refractivity contribution is 7.90. The van der Waals surface area contributed by atoms with E-state index in [1.807, 2.05) is 6.92 Å². The number of nitrogens with one attached hydrogen (secondary N) is 2. The van der Waals surface area contributed by atoms with Crippen molar-refractivity contribution in [1.29, 1.82) is 0 Å². The van der Waals surface area contributed by atoms with Gasteiger partial charge in [-0.1, -0.05) is 13.0 Å². The second-order valence-corrected chi connectivity index (χ2v) is 14.7. The van der Waals surface area contributed by atoms with Crippen molar-refractivity contribution in [3.8, 4) is 11.3 Å². The Labute approximate surface area is 266 Å². The average Bonchev–Trinajstić information content (AvgIpc) is 2.93. The minimum atomic E-state index is -3.27. The van der Waals surface area contributed by atoms with Crippen molar-refractivity contribution in [3.63, 3.8) is 0 Å². The first-order valence-corrected chi connectivity index (χ1v) is 16.7. The third-order valence-electron chi connectivity index (χ3n) is 7.44. The molecule has 4 rings (SSSR count). The monoisotopic (exact) mass is 662 g/mol. The van der Waals surface area contributed by atoms with E-state index in [-0.39, 0.29) is 29.9 Å². The number of rotatable bonds is 9. The van der Waals surface area contributed by atoms with Gasteiger partial charge in [-0.25, -0.2) is 31.4 Å². The van der Waals surface area contributed by atoms with E-state index in [0.29, 0.717) is 24.1 Å².